The number of rotatable bonds is 19. The van der Waals surface area contributed by atoms with E-state index in [9.17, 15) is 24.0 Å². The lowest BCUT2D eigenvalue weighted by Crippen LogP contribution is -2.56. The Morgan fingerprint density at radius 2 is 1.53 bits per heavy atom. The van der Waals surface area contributed by atoms with Crippen molar-refractivity contribution in [1.29, 1.82) is 5.26 Å². The van der Waals surface area contributed by atoms with Gasteiger partial charge in [0.1, 0.15) is 66.9 Å². The molecule has 4 aromatic rings. The highest BCUT2D eigenvalue weighted by atomic mass is 16.5. The number of likely N-dealkylation sites (N-methyl/N-ethyl adjacent to an activating group) is 1. The van der Waals surface area contributed by atoms with E-state index in [0.717, 1.165) is 19.3 Å². The molecular formula is C49H61N9O8. The highest BCUT2D eigenvalue weighted by molar-refractivity contribution is 6.00. The molecule has 66 heavy (non-hydrogen) atoms. The lowest BCUT2D eigenvalue weighted by atomic mass is 9.93. The molecule has 4 atom stereocenters. The number of nitrogens with zero attached hydrogens (tertiary/aromatic N) is 2. The van der Waals surface area contributed by atoms with Gasteiger partial charge in [-0.15, -0.1) is 0 Å². The van der Waals surface area contributed by atoms with Crippen LogP contribution < -0.4 is 52.7 Å². The molecule has 0 spiro atoms. The van der Waals surface area contributed by atoms with Crippen molar-refractivity contribution < 1.29 is 38.2 Å². The van der Waals surface area contributed by atoms with Crippen LogP contribution in [0.3, 0.4) is 0 Å². The van der Waals surface area contributed by atoms with Crippen LogP contribution >= 0.6 is 0 Å². The number of amides is 5. The smallest absolute Gasteiger partial charge is 0.252 e. The maximum atomic E-state index is 14.7. The summed E-state index contributed by atoms with van der Waals surface area (Å²) in [6, 6.07) is 20.1. The molecule has 17 nitrogen and oxygen atoms in total. The molecular weight excluding hydrogens is 843 g/mol. The van der Waals surface area contributed by atoms with Crippen LogP contribution in [-0.4, -0.2) is 99.0 Å². The molecule has 350 valence electrons. The number of aryl methyl sites for hydroxylation is 2. The summed E-state index contributed by atoms with van der Waals surface area (Å²) in [5, 5.41) is 19.9. The van der Waals surface area contributed by atoms with Crippen molar-refractivity contribution in [3.63, 3.8) is 0 Å². The minimum atomic E-state index is -1.39. The lowest BCUT2D eigenvalue weighted by molar-refractivity contribution is -0.141. The summed E-state index contributed by atoms with van der Waals surface area (Å²) < 4.78 is 18.3. The zero-order valence-corrected chi connectivity index (χ0v) is 38.0. The van der Waals surface area contributed by atoms with E-state index in [4.69, 9.17) is 36.7 Å². The fourth-order valence-electron chi connectivity index (χ4n) is 7.56. The Morgan fingerprint density at radius 3 is 2.17 bits per heavy atom. The largest absolute Gasteiger partial charge is 0.492 e. The van der Waals surface area contributed by atoms with Crippen molar-refractivity contribution in [3.8, 4) is 40.2 Å². The number of unbranched alkanes of at least 4 members (excludes halogenated alkanes) is 1. The van der Waals surface area contributed by atoms with Crippen LogP contribution in [0.5, 0.6) is 23.0 Å². The Balaban J connectivity index is 1.51. The number of hydrogen-bond acceptors (Lipinski definition) is 12. The highest BCUT2D eigenvalue weighted by Gasteiger charge is 2.36. The van der Waals surface area contributed by atoms with Gasteiger partial charge in [-0.05, 0) is 117 Å². The monoisotopic (exact) mass is 903 g/mol. The topological polar surface area (TPSA) is 266 Å². The third kappa shape index (κ3) is 13.1. The Morgan fingerprint density at radius 1 is 0.864 bits per heavy atom. The number of benzene rings is 4. The number of nitrogens with two attached hydrogens (primary N) is 3. The SMILES string of the molecule is CCCCc1ccc(Oc2ccc(C(=O)N[C@@H](CCN)C(=O)N(C)[C@@H]3C(=O)N[C@@H](C)C(=O)N[C@H](C(=O)NCC#N)Cc4ccc(OCCN)c(c4)-c4cc3ccc4OCCN)c(C)c2)cc1. The van der Waals surface area contributed by atoms with Crippen molar-refractivity contribution in [2.75, 3.05) is 46.4 Å². The molecule has 10 N–H and O–H groups in total. The summed E-state index contributed by atoms with van der Waals surface area (Å²) in [6.07, 6.45) is 3.23. The molecule has 17 heteroatoms. The molecule has 5 rings (SSSR count). The molecule has 1 heterocycles. The number of hydrogen-bond donors (Lipinski definition) is 7. The molecule has 0 aliphatic carbocycles. The Labute approximate surface area is 385 Å². The van der Waals surface area contributed by atoms with E-state index in [1.807, 2.05) is 30.3 Å². The summed E-state index contributed by atoms with van der Waals surface area (Å²) in [7, 11) is 1.42. The second kappa shape index (κ2) is 24.3. The highest BCUT2D eigenvalue weighted by Crippen LogP contribution is 2.40. The maximum absolute atomic E-state index is 14.7. The van der Waals surface area contributed by atoms with Crippen LogP contribution in [0.15, 0.2) is 78.9 Å². The van der Waals surface area contributed by atoms with Crippen LogP contribution in [0.2, 0.25) is 0 Å². The molecule has 1 aliphatic rings. The van der Waals surface area contributed by atoms with E-state index < -0.39 is 53.7 Å². The summed E-state index contributed by atoms with van der Waals surface area (Å²) >= 11 is 0. The van der Waals surface area contributed by atoms with Gasteiger partial charge in [0.05, 0.1) is 6.07 Å². The van der Waals surface area contributed by atoms with Crippen molar-refractivity contribution in [3.05, 3.63) is 107 Å². The van der Waals surface area contributed by atoms with Gasteiger partial charge < -0.3 is 57.6 Å². The molecule has 5 amide bonds. The fraction of sp³-hybridized carbons (Fsp3) is 0.388. The van der Waals surface area contributed by atoms with E-state index in [1.165, 1.54) is 24.4 Å². The van der Waals surface area contributed by atoms with E-state index >= 15 is 0 Å². The van der Waals surface area contributed by atoms with Gasteiger partial charge in [-0.3, -0.25) is 24.0 Å². The van der Waals surface area contributed by atoms with Crippen LogP contribution in [-0.2, 0) is 32.0 Å². The number of nitrogens with one attached hydrogen (secondary N) is 4. The van der Waals surface area contributed by atoms with Gasteiger partial charge in [-0.1, -0.05) is 37.6 Å². The van der Waals surface area contributed by atoms with Crippen molar-refractivity contribution in [1.82, 2.24) is 26.2 Å². The van der Waals surface area contributed by atoms with Crippen LogP contribution in [0, 0.1) is 18.3 Å². The van der Waals surface area contributed by atoms with Gasteiger partial charge in [0.2, 0.25) is 23.6 Å². The quantitative estimate of drug-likeness (QED) is 0.0669. The third-order valence-corrected chi connectivity index (χ3v) is 11.0. The second-order valence-corrected chi connectivity index (χ2v) is 16.0. The zero-order valence-electron chi connectivity index (χ0n) is 38.0. The second-order valence-electron chi connectivity index (χ2n) is 16.0. The van der Waals surface area contributed by atoms with Gasteiger partial charge in [-0.2, -0.15) is 5.26 Å². The van der Waals surface area contributed by atoms with Crippen LogP contribution in [0.1, 0.15) is 71.8 Å². The van der Waals surface area contributed by atoms with Crippen molar-refractivity contribution in [2.45, 2.75) is 77.0 Å². The van der Waals surface area contributed by atoms with E-state index in [1.54, 1.807) is 61.5 Å². The molecule has 0 unspecified atom stereocenters. The molecule has 0 fully saturated rings. The van der Waals surface area contributed by atoms with E-state index in [2.05, 4.69) is 28.2 Å². The summed E-state index contributed by atoms with van der Waals surface area (Å²) in [5.41, 5.74) is 21.7. The van der Waals surface area contributed by atoms with Crippen molar-refractivity contribution >= 4 is 29.5 Å². The molecule has 4 bridgehead atoms. The third-order valence-electron chi connectivity index (χ3n) is 11.0. The van der Waals surface area contributed by atoms with E-state index in [0.29, 0.717) is 56.4 Å². The summed E-state index contributed by atoms with van der Waals surface area (Å²) in [4.78, 5) is 71.4. The average molecular weight is 904 g/mol. The normalized spacial score (nSPS) is 16.3. The summed E-state index contributed by atoms with van der Waals surface area (Å²) in [6.45, 7) is 5.76. The number of carbonyl (C=O) groups is 5. The molecule has 1 aliphatic heterocycles. The Kier molecular flexibility index (Phi) is 18.4. The summed E-state index contributed by atoms with van der Waals surface area (Å²) in [5.74, 6) is -1.27. The first kappa shape index (κ1) is 50.0. The first-order valence-corrected chi connectivity index (χ1v) is 22.2. The standard InChI is InChI=1S/C49H61N9O8/c1-5-6-7-32-8-12-35(13-9-32)66-36-14-15-37(30(2)26-36)46(60)56-40(18-19-50)49(63)58(4)44-34-11-17-43(65-25-22-53)39(29-34)38-27-33(10-16-42(38)64-24-21-52)28-41(47(61)54-23-20-51)57-45(59)31(3)55-48(44)62/h8-17,26-27,29,31,40-41,44H,5-7,18-19,21-25,28,50,52-53H2,1-4H3,(H,54,61)(H,55,62)(H,56,60)(H,57,59)/t31-,40-,41-,44-/m0/s1. The number of nitriles is 1. The zero-order chi connectivity index (χ0) is 47.8. The van der Waals surface area contributed by atoms with Gasteiger partial charge >= 0.3 is 0 Å². The van der Waals surface area contributed by atoms with Crippen molar-refractivity contribution in [2.24, 2.45) is 17.2 Å². The lowest BCUT2D eigenvalue weighted by Gasteiger charge is -2.32. The fourth-order valence-corrected chi connectivity index (χ4v) is 7.56. The number of carbonyl (C=O) groups excluding carboxylic acids is 5. The predicted octanol–water partition coefficient (Wildman–Crippen LogP) is 3.30. The number of ether oxygens (including phenoxy) is 3. The first-order valence-electron chi connectivity index (χ1n) is 22.2. The maximum Gasteiger partial charge on any atom is 0.252 e. The Hall–Kier alpha value is -7.00. The molecule has 0 aromatic heterocycles. The molecule has 0 saturated carbocycles. The van der Waals surface area contributed by atoms with Gasteiger partial charge in [-0.25, -0.2) is 0 Å². The van der Waals surface area contributed by atoms with Gasteiger partial charge in [0.15, 0.2) is 0 Å². The van der Waals surface area contributed by atoms with Gasteiger partial charge in [0.25, 0.3) is 5.91 Å². The first-order chi connectivity index (χ1) is 31.8. The number of fused-ring (bicyclic) bond motifs is 5. The molecule has 0 radical (unpaired) electrons. The average Bonchev–Trinajstić information content (AvgIpc) is 3.31. The van der Waals surface area contributed by atoms with Crippen LogP contribution in [0.4, 0.5) is 0 Å². The van der Waals surface area contributed by atoms with Gasteiger partial charge in [0, 0.05) is 43.2 Å². The molecule has 4 aromatic carbocycles. The Bertz CT molecular complexity index is 2390. The minimum Gasteiger partial charge on any atom is -0.492 e. The van der Waals surface area contributed by atoms with E-state index in [-0.39, 0.29) is 52.2 Å². The molecule has 0 saturated heterocycles. The minimum absolute atomic E-state index is 0.00567. The predicted molar refractivity (Wildman–Crippen MR) is 250 cm³/mol. The van der Waals surface area contributed by atoms with Crippen LogP contribution in [0.25, 0.3) is 11.1 Å².